The van der Waals surface area contributed by atoms with Gasteiger partial charge in [0.1, 0.15) is 17.1 Å². The lowest BCUT2D eigenvalue weighted by atomic mass is 9.86. The Kier molecular flexibility index (Phi) is 5.46. The first-order valence-electron chi connectivity index (χ1n) is 11.6. The maximum atomic E-state index is 2.55. The van der Waals surface area contributed by atoms with Crippen molar-refractivity contribution in [1.29, 1.82) is 0 Å². The van der Waals surface area contributed by atoms with Crippen LogP contribution in [-0.2, 0) is 0 Å². The van der Waals surface area contributed by atoms with Crippen molar-refractivity contribution in [3.8, 4) is 22.8 Å². The van der Waals surface area contributed by atoms with E-state index in [9.17, 15) is 0 Å². The van der Waals surface area contributed by atoms with Crippen LogP contribution < -0.4 is 4.57 Å². The number of rotatable bonds is 4. The fraction of sp³-hybridized carbons (Fsp3) is 0.276. The maximum Gasteiger partial charge on any atom is 0.299 e. The molecule has 1 aromatic heterocycles. The zero-order valence-electron chi connectivity index (χ0n) is 18.6. The number of aromatic nitrogens is 2. The van der Waals surface area contributed by atoms with Crippen molar-refractivity contribution < 1.29 is 4.57 Å². The molecular formula is C29H31N2+. The van der Waals surface area contributed by atoms with Gasteiger partial charge in [-0.1, -0.05) is 73.9 Å². The van der Waals surface area contributed by atoms with Crippen LogP contribution in [0.5, 0.6) is 0 Å². The molecule has 3 aromatic carbocycles. The fourth-order valence-corrected chi connectivity index (χ4v) is 5.30. The summed E-state index contributed by atoms with van der Waals surface area (Å²) in [5.74, 6) is 1.85. The van der Waals surface area contributed by atoms with Gasteiger partial charge in [0.05, 0.1) is 5.56 Å². The van der Waals surface area contributed by atoms with Gasteiger partial charge in [-0.25, -0.2) is 0 Å². The molecule has 156 valence electrons. The predicted octanol–water partition coefficient (Wildman–Crippen LogP) is 7.09. The van der Waals surface area contributed by atoms with E-state index in [0.717, 1.165) is 0 Å². The van der Waals surface area contributed by atoms with E-state index in [-0.39, 0.29) is 0 Å². The molecule has 2 nitrogen and oxygen atoms in total. The molecule has 0 saturated heterocycles. The molecule has 1 heterocycles. The summed E-state index contributed by atoms with van der Waals surface area (Å²) in [5, 5.41) is 0. The highest BCUT2D eigenvalue weighted by atomic mass is 15.2. The zero-order valence-corrected chi connectivity index (χ0v) is 18.6. The molecule has 1 saturated carbocycles. The lowest BCUT2D eigenvalue weighted by Crippen LogP contribution is -2.36. The standard InChI is InChI=1S/C29H31N2/c1-22-14-12-13-21-27(22)30-23(2)28(24-15-6-3-7-16-24)31(26-19-10-5-11-20-26)29(30)25-17-8-4-9-18-25/h4-5,8-14,17-21,24H,3,6-7,15-16H2,1-2H3/q+1. The highest BCUT2D eigenvalue weighted by Gasteiger charge is 2.36. The molecule has 0 radical (unpaired) electrons. The van der Waals surface area contributed by atoms with Crippen molar-refractivity contribution in [2.24, 2.45) is 0 Å². The monoisotopic (exact) mass is 407 g/mol. The predicted molar refractivity (Wildman–Crippen MR) is 128 cm³/mol. The quantitative estimate of drug-likeness (QED) is 0.319. The van der Waals surface area contributed by atoms with Gasteiger partial charge in [0.15, 0.2) is 5.69 Å². The van der Waals surface area contributed by atoms with E-state index in [0.29, 0.717) is 5.92 Å². The summed E-state index contributed by atoms with van der Waals surface area (Å²) in [5.41, 5.74) is 7.91. The first-order valence-corrected chi connectivity index (χ1v) is 11.6. The summed E-state index contributed by atoms with van der Waals surface area (Å²) in [4.78, 5) is 0. The average molecular weight is 408 g/mol. The van der Waals surface area contributed by atoms with Crippen molar-refractivity contribution in [3.63, 3.8) is 0 Å². The minimum Gasteiger partial charge on any atom is -0.192 e. The van der Waals surface area contributed by atoms with Crippen molar-refractivity contribution in [1.82, 2.24) is 4.57 Å². The number of hydrogen-bond donors (Lipinski definition) is 0. The Morgan fingerprint density at radius 2 is 1.32 bits per heavy atom. The molecule has 4 aromatic rings. The molecule has 1 aliphatic rings. The van der Waals surface area contributed by atoms with Crippen molar-refractivity contribution in [2.75, 3.05) is 0 Å². The van der Waals surface area contributed by atoms with Gasteiger partial charge >= 0.3 is 0 Å². The van der Waals surface area contributed by atoms with Gasteiger partial charge in [-0.3, -0.25) is 0 Å². The Balaban J connectivity index is 1.89. The lowest BCUT2D eigenvalue weighted by Gasteiger charge is -2.20. The van der Waals surface area contributed by atoms with E-state index in [2.05, 4.69) is 108 Å². The third-order valence-electron chi connectivity index (χ3n) is 6.77. The van der Waals surface area contributed by atoms with Gasteiger partial charge in [0.2, 0.25) is 0 Å². The summed E-state index contributed by atoms with van der Waals surface area (Å²) in [6.45, 7) is 4.54. The maximum absolute atomic E-state index is 2.55. The molecule has 2 heteroatoms. The van der Waals surface area contributed by atoms with E-state index in [1.54, 1.807) is 0 Å². The molecule has 0 N–H and O–H groups in total. The van der Waals surface area contributed by atoms with Gasteiger partial charge in [-0.05, 0) is 55.7 Å². The molecule has 31 heavy (non-hydrogen) atoms. The molecule has 0 spiro atoms. The van der Waals surface area contributed by atoms with Crippen molar-refractivity contribution in [2.45, 2.75) is 51.9 Å². The van der Waals surface area contributed by atoms with Gasteiger partial charge < -0.3 is 0 Å². The molecule has 1 aliphatic carbocycles. The van der Waals surface area contributed by atoms with Crippen LogP contribution in [0.4, 0.5) is 0 Å². The highest BCUT2D eigenvalue weighted by Crippen LogP contribution is 2.38. The molecule has 0 aliphatic heterocycles. The SMILES string of the molecule is Cc1ccccc1-[n+]1c(C)c(C2CCCCC2)n(-c2ccccc2)c1-c1ccccc1. The number of imidazole rings is 1. The van der Waals surface area contributed by atoms with Crippen LogP contribution in [0.2, 0.25) is 0 Å². The van der Waals surface area contributed by atoms with Crippen molar-refractivity contribution >= 4 is 0 Å². The van der Waals surface area contributed by atoms with E-state index >= 15 is 0 Å². The Morgan fingerprint density at radius 3 is 2.00 bits per heavy atom. The molecular weight excluding hydrogens is 376 g/mol. The van der Waals surface area contributed by atoms with Gasteiger partial charge in [0.25, 0.3) is 5.82 Å². The van der Waals surface area contributed by atoms with Gasteiger partial charge in [-0.2, -0.15) is 9.13 Å². The number of benzene rings is 3. The third kappa shape index (κ3) is 3.61. The summed E-state index contributed by atoms with van der Waals surface area (Å²) in [7, 11) is 0. The Bertz CT molecular complexity index is 1170. The smallest absolute Gasteiger partial charge is 0.192 e. The topological polar surface area (TPSA) is 8.81 Å². The normalized spacial score (nSPS) is 14.6. The van der Waals surface area contributed by atoms with Crippen LogP contribution in [0, 0.1) is 13.8 Å². The highest BCUT2D eigenvalue weighted by molar-refractivity contribution is 5.59. The number of para-hydroxylation sites is 2. The van der Waals surface area contributed by atoms with Crippen molar-refractivity contribution in [3.05, 3.63) is 102 Å². The van der Waals surface area contributed by atoms with Crippen LogP contribution in [-0.4, -0.2) is 4.57 Å². The second-order valence-corrected chi connectivity index (χ2v) is 8.79. The van der Waals surface area contributed by atoms with Crippen LogP contribution in [0.15, 0.2) is 84.9 Å². The molecule has 0 amide bonds. The molecule has 1 fully saturated rings. The van der Waals surface area contributed by atoms with Gasteiger partial charge in [0, 0.05) is 12.8 Å². The van der Waals surface area contributed by atoms with Crippen LogP contribution >= 0.6 is 0 Å². The summed E-state index contributed by atoms with van der Waals surface area (Å²) in [6, 6.07) is 30.6. The molecule has 0 atom stereocenters. The number of nitrogens with zero attached hydrogens (tertiary/aromatic N) is 2. The van der Waals surface area contributed by atoms with E-state index in [4.69, 9.17) is 0 Å². The summed E-state index contributed by atoms with van der Waals surface area (Å²) in [6.07, 6.45) is 6.58. The minimum absolute atomic E-state index is 0.599. The second kappa shape index (κ2) is 8.55. The second-order valence-electron chi connectivity index (χ2n) is 8.79. The van der Waals surface area contributed by atoms with E-state index < -0.39 is 0 Å². The minimum atomic E-state index is 0.599. The first-order chi connectivity index (χ1) is 15.3. The molecule has 5 rings (SSSR count). The van der Waals surface area contributed by atoms with Crippen LogP contribution in [0.25, 0.3) is 22.8 Å². The summed E-state index contributed by atoms with van der Waals surface area (Å²) < 4.78 is 5.05. The summed E-state index contributed by atoms with van der Waals surface area (Å²) >= 11 is 0. The largest absolute Gasteiger partial charge is 0.299 e. The van der Waals surface area contributed by atoms with Crippen LogP contribution in [0.1, 0.15) is 55.0 Å². The lowest BCUT2D eigenvalue weighted by molar-refractivity contribution is -0.590. The average Bonchev–Trinajstić information content (AvgIpc) is 3.14. The Labute approximate surface area is 185 Å². The number of hydrogen-bond acceptors (Lipinski definition) is 0. The van der Waals surface area contributed by atoms with Gasteiger partial charge in [-0.15, -0.1) is 0 Å². The zero-order chi connectivity index (χ0) is 21.2. The molecule has 0 unspecified atom stereocenters. The third-order valence-corrected chi connectivity index (χ3v) is 6.77. The van der Waals surface area contributed by atoms with E-state index in [1.807, 2.05) is 0 Å². The fourth-order valence-electron chi connectivity index (χ4n) is 5.30. The molecule has 0 bridgehead atoms. The van der Waals surface area contributed by atoms with E-state index in [1.165, 1.54) is 71.8 Å². The Hall–Kier alpha value is -3.13. The number of aryl methyl sites for hydroxylation is 1. The van der Waals surface area contributed by atoms with Crippen LogP contribution in [0.3, 0.4) is 0 Å². The Morgan fingerprint density at radius 1 is 0.710 bits per heavy atom. The first kappa shape index (κ1) is 19.8.